The quantitative estimate of drug-likeness (QED) is 0.532. The molecule has 110 valence electrons. The molecule has 2 aromatic carbocycles. The first-order valence-electron chi connectivity index (χ1n) is 6.23. The van der Waals surface area contributed by atoms with Crippen LogP contribution in [-0.2, 0) is 0 Å². The van der Waals surface area contributed by atoms with Gasteiger partial charge in [0.15, 0.2) is 0 Å². The van der Waals surface area contributed by atoms with E-state index in [0.717, 1.165) is 18.4 Å². The predicted molar refractivity (Wildman–Crippen MR) is 78.9 cm³/mol. The van der Waals surface area contributed by atoms with Crippen molar-refractivity contribution in [3.05, 3.63) is 75.4 Å². The second kappa shape index (κ2) is 5.61. The monoisotopic (exact) mass is 318 g/mol. The van der Waals surface area contributed by atoms with Gasteiger partial charge in [0, 0.05) is 6.07 Å². The summed E-state index contributed by atoms with van der Waals surface area (Å²) in [6, 6.07) is 9.29. The number of carbonyl (C=O) groups is 1. The van der Waals surface area contributed by atoms with E-state index < -0.39 is 11.8 Å². The fourth-order valence-corrected chi connectivity index (χ4v) is 2.05. The summed E-state index contributed by atoms with van der Waals surface area (Å²) in [6.07, 6.45) is 1.12. The number of fused-ring (bicyclic) bond motifs is 1. The molecule has 0 aliphatic carbocycles. The Morgan fingerprint density at radius 3 is 2.59 bits per heavy atom. The highest BCUT2D eigenvalue weighted by atomic mass is 35.5. The van der Waals surface area contributed by atoms with Gasteiger partial charge in [0.2, 0.25) is 5.43 Å². The standard InChI is InChI=1S/C16H8ClFO4/c17-13-8-21-14-7-11(5-6-12(14)15(13)19)22-16(20)9-1-3-10(18)4-2-9/h1-8H. The van der Waals surface area contributed by atoms with Crippen molar-refractivity contribution in [2.75, 3.05) is 0 Å². The van der Waals surface area contributed by atoms with Gasteiger partial charge in [-0.2, -0.15) is 0 Å². The summed E-state index contributed by atoms with van der Waals surface area (Å²) in [6.45, 7) is 0. The van der Waals surface area contributed by atoms with E-state index in [1.807, 2.05) is 0 Å². The maximum Gasteiger partial charge on any atom is 0.343 e. The molecule has 1 heterocycles. The number of carbonyl (C=O) groups excluding carboxylic acids is 1. The maximum absolute atomic E-state index is 12.8. The minimum Gasteiger partial charge on any atom is -0.462 e. The molecule has 3 aromatic rings. The molecule has 0 N–H and O–H groups in total. The van der Waals surface area contributed by atoms with Crippen LogP contribution in [0, 0.1) is 5.82 Å². The van der Waals surface area contributed by atoms with Crippen LogP contribution >= 0.6 is 11.6 Å². The highest BCUT2D eigenvalue weighted by Crippen LogP contribution is 2.21. The van der Waals surface area contributed by atoms with Crippen molar-refractivity contribution < 1.29 is 18.3 Å². The molecular weight excluding hydrogens is 311 g/mol. The Bertz CT molecular complexity index is 916. The molecule has 4 nitrogen and oxygen atoms in total. The summed E-state index contributed by atoms with van der Waals surface area (Å²) in [4.78, 5) is 23.7. The van der Waals surface area contributed by atoms with E-state index >= 15 is 0 Å². The van der Waals surface area contributed by atoms with Crippen LogP contribution in [0.3, 0.4) is 0 Å². The topological polar surface area (TPSA) is 56.5 Å². The number of benzene rings is 2. The molecule has 0 unspecified atom stereocenters. The largest absolute Gasteiger partial charge is 0.462 e. The summed E-state index contributed by atoms with van der Waals surface area (Å²) in [7, 11) is 0. The summed E-state index contributed by atoms with van der Waals surface area (Å²) < 4.78 is 23.2. The molecule has 6 heteroatoms. The third-order valence-electron chi connectivity index (χ3n) is 2.99. The van der Waals surface area contributed by atoms with Crippen molar-refractivity contribution in [3.8, 4) is 5.75 Å². The second-order valence-corrected chi connectivity index (χ2v) is 4.87. The normalized spacial score (nSPS) is 10.6. The average molecular weight is 319 g/mol. The molecule has 3 rings (SSSR count). The smallest absolute Gasteiger partial charge is 0.343 e. The summed E-state index contributed by atoms with van der Waals surface area (Å²) >= 11 is 5.68. The van der Waals surface area contributed by atoms with Crippen LogP contribution in [0.5, 0.6) is 5.75 Å². The number of hydrogen-bond donors (Lipinski definition) is 0. The van der Waals surface area contributed by atoms with E-state index in [0.29, 0.717) is 0 Å². The van der Waals surface area contributed by atoms with Gasteiger partial charge in [-0.3, -0.25) is 4.79 Å². The van der Waals surface area contributed by atoms with Gasteiger partial charge in [-0.15, -0.1) is 0 Å². The van der Waals surface area contributed by atoms with E-state index in [9.17, 15) is 14.0 Å². The lowest BCUT2D eigenvalue weighted by Crippen LogP contribution is -2.08. The van der Waals surface area contributed by atoms with Gasteiger partial charge in [0.05, 0.1) is 10.9 Å². The van der Waals surface area contributed by atoms with Crippen LogP contribution in [0.1, 0.15) is 10.4 Å². The maximum atomic E-state index is 12.8. The van der Waals surface area contributed by atoms with Crippen LogP contribution in [0.15, 0.2) is 57.9 Å². The Labute approximate surface area is 128 Å². The molecule has 0 atom stereocenters. The third kappa shape index (κ3) is 2.71. The number of rotatable bonds is 2. The first kappa shape index (κ1) is 14.3. The Morgan fingerprint density at radius 2 is 1.86 bits per heavy atom. The van der Waals surface area contributed by atoms with Crippen molar-refractivity contribution in [2.45, 2.75) is 0 Å². The van der Waals surface area contributed by atoms with Gasteiger partial charge in [0.25, 0.3) is 0 Å². The first-order chi connectivity index (χ1) is 10.5. The highest BCUT2D eigenvalue weighted by molar-refractivity contribution is 6.30. The van der Waals surface area contributed by atoms with Gasteiger partial charge in [-0.05, 0) is 36.4 Å². The average Bonchev–Trinajstić information content (AvgIpc) is 2.51. The van der Waals surface area contributed by atoms with Crippen LogP contribution in [0.4, 0.5) is 4.39 Å². The highest BCUT2D eigenvalue weighted by Gasteiger charge is 2.11. The van der Waals surface area contributed by atoms with Gasteiger partial charge in [-0.25, -0.2) is 9.18 Å². The van der Waals surface area contributed by atoms with Gasteiger partial charge < -0.3 is 9.15 Å². The minimum atomic E-state index is -0.643. The third-order valence-corrected chi connectivity index (χ3v) is 3.26. The van der Waals surface area contributed by atoms with Crippen molar-refractivity contribution in [1.82, 2.24) is 0 Å². The molecular formula is C16H8ClFO4. The lowest BCUT2D eigenvalue weighted by molar-refractivity contribution is 0.0735. The van der Waals surface area contributed by atoms with Gasteiger partial charge in [0.1, 0.15) is 28.4 Å². The first-order valence-corrected chi connectivity index (χ1v) is 6.61. The fraction of sp³-hybridized carbons (Fsp3) is 0. The van der Waals surface area contributed by atoms with Crippen molar-refractivity contribution in [2.24, 2.45) is 0 Å². The molecule has 0 radical (unpaired) electrons. The Balaban J connectivity index is 1.91. The van der Waals surface area contributed by atoms with E-state index in [1.165, 1.54) is 30.3 Å². The van der Waals surface area contributed by atoms with Crippen LogP contribution < -0.4 is 10.2 Å². The van der Waals surface area contributed by atoms with Crippen LogP contribution in [0.25, 0.3) is 11.0 Å². The Kier molecular flexibility index (Phi) is 3.65. The van der Waals surface area contributed by atoms with Crippen molar-refractivity contribution in [3.63, 3.8) is 0 Å². The van der Waals surface area contributed by atoms with Crippen molar-refractivity contribution in [1.29, 1.82) is 0 Å². The number of hydrogen-bond acceptors (Lipinski definition) is 4. The Morgan fingerprint density at radius 1 is 1.14 bits per heavy atom. The lowest BCUT2D eigenvalue weighted by Gasteiger charge is -2.05. The lowest BCUT2D eigenvalue weighted by atomic mass is 10.2. The second-order valence-electron chi connectivity index (χ2n) is 4.47. The van der Waals surface area contributed by atoms with Gasteiger partial charge in [-0.1, -0.05) is 11.6 Å². The van der Waals surface area contributed by atoms with E-state index in [1.54, 1.807) is 0 Å². The van der Waals surface area contributed by atoms with Crippen LogP contribution in [0.2, 0.25) is 5.02 Å². The molecule has 0 saturated carbocycles. The SMILES string of the molecule is O=C(Oc1ccc2c(=O)c(Cl)coc2c1)c1ccc(F)cc1. The number of halogens is 2. The molecule has 0 spiro atoms. The van der Waals surface area contributed by atoms with Crippen molar-refractivity contribution >= 4 is 28.5 Å². The zero-order valence-corrected chi connectivity index (χ0v) is 11.8. The van der Waals surface area contributed by atoms with E-state index in [2.05, 4.69) is 0 Å². The molecule has 22 heavy (non-hydrogen) atoms. The zero-order chi connectivity index (χ0) is 15.7. The molecule has 0 fully saturated rings. The molecule has 0 saturated heterocycles. The summed E-state index contributed by atoms with van der Waals surface area (Å²) in [5.74, 6) is -0.885. The van der Waals surface area contributed by atoms with E-state index in [-0.39, 0.29) is 32.7 Å². The molecule has 0 aliphatic rings. The van der Waals surface area contributed by atoms with Crippen LogP contribution in [-0.4, -0.2) is 5.97 Å². The minimum absolute atomic E-state index is 0.0245. The summed E-state index contributed by atoms with van der Waals surface area (Å²) in [5.41, 5.74) is 0.0946. The fourth-order valence-electron chi connectivity index (χ4n) is 1.90. The Hall–Kier alpha value is -2.66. The van der Waals surface area contributed by atoms with E-state index in [4.69, 9.17) is 20.8 Å². The molecule has 0 bridgehead atoms. The molecule has 1 aromatic heterocycles. The number of ether oxygens (including phenoxy) is 1. The summed E-state index contributed by atoms with van der Waals surface area (Å²) in [5, 5.41) is 0.262. The molecule has 0 aliphatic heterocycles. The zero-order valence-electron chi connectivity index (χ0n) is 11.0. The number of esters is 1. The van der Waals surface area contributed by atoms with Gasteiger partial charge >= 0.3 is 5.97 Å². The molecule has 0 amide bonds. The predicted octanol–water partition coefficient (Wildman–Crippen LogP) is 3.80.